The minimum Gasteiger partial charge on any atom is -0.462 e. The van der Waals surface area contributed by atoms with Crippen LogP contribution in [0.2, 0.25) is 0 Å². The van der Waals surface area contributed by atoms with Gasteiger partial charge in [-0.1, -0.05) is 172 Å². The number of hydrogen-bond donors (Lipinski definition) is 1. The van der Waals surface area contributed by atoms with Gasteiger partial charge < -0.3 is 19.3 Å². The third-order valence-electron chi connectivity index (χ3n) is 9.59. The van der Waals surface area contributed by atoms with Crippen molar-refractivity contribution in [2.45, 2.75) is 218 Å². The van der Waals surface area contributed by atoms with E-state index in [1.54, 1.807) is 0 Å². The number of rotatable bonds is 37. The predicted octanol–water partition coefficient (Wildman–Crippen LogP) is 12.2. The minimum absolute atomic E-state index is 0.0971. The van der Waals surface area contributed by atoms with Gasteiger partial charge in [-0.25, -0.2) is 0 Å². The van der Waals surface area contributed by atoms with Crippen LogP contribution in [0.3, 0.4) is 0 Å². The van der Waals surface area contributed by atoms with E-state index in [0.717, 1.165) is 44.9 Å². The number of carbonyl (C=O) groups excluding carboxylic acids is 2. The molecule has 0 saturated carbocycles. The van der Waals surface area contributed by atoms with Gasteiger partial charge >= 0.3 is 11.9 Å². The third-order valence-corrected chi connectivity index (χ3v) is 9.59. The molecule has 0 aliphatic carbocycles. The average molecular weight is 703 g/mol. The Hall–Kier alpha value is -1.92. The average Bonchev–Trinajstić information content (AvgIpc) is 3.87. The zero-order chi connectivity index (χ0) is 36.2. The number of aliphatic hydroxyl groups excluding tert-OH is 1. The van der Waals surface area contributed by atoms with Crippen molar-refractivity contribution < 1.29 is 28.9 Å². The largest absolute Gasteiger partial charge is 0.462 e. The van der Waals surface area contributed by atoms with E-state index in [4.69, 9.17) is 14.2 Å². The number of aliphatic hydroxyl groups is 1. The molecule has 6 nitrogen and oxygen atoms in total. The number of unbranched alkanes of at least 4 members (excludes halogenated alkanes) is 21. The van der Waals surface area contributed by atoms with Crippen molar-refractivity contribution in [2.24, 2.45) is 0 Å². The second-order valence-corrected chi connectivity index (χ2v) is 14.5. The van der Waals surface area contributed by atoms with Crippen LogP contribution in [-0.2, 0) is 23.8 Å². The quantitative estimate of drug-likeness (QED) is 0.0300. The highest BCUT2D eigenvalue weighted by Gasteiger charge is 2.35. The van der Waals surface area contributed by atoms with Gasteiger partial charge in [-0.3, -0.25) is 9.59 Å². The van der Waals surface area contributed by atoms with Gasteiger partial charge in [-0.05, 0) is 51.4 Å². The summed E-state index contributed by atoms with van der Waals surface area (Å²) in [4.78, 5) is 24.3. The SMILES string of the molecule is CCCCC/C=C\C/C=C\CC1OC1C/C=C\CCCC(=O)OC[C@H](CO)OC(=O)CCCCCCCCCCCCCCCCCCCC. The first-order valence-electron chi connectivity index (χ1n) is 21.2. The topological polar surface area (TPSA) is 85.4 Å². The molecule has 1 saturated heterocycles. The Balaban J connectivity index is 1.90. The summed E-state index contributed by atoms with van der Waals surface area (Å²) in [5, 5.41) is 9.58. The number of carbonyl (C=O) groups is 2. The molecule has 1 N–H and O–H groups in total. The smallest absolute Gasteiger partial charge is 0.306 e. The summed E-state index contributed by atoms with van der Waals surface area (Å²) < 4.78 is 16.3. The normalized spacial score (nSPS) is 16.5. The maximum atomic E-state index is 12.2. The highest BCUT2D eigenvalue weighted by molar-refractivity contribution is 5.70. The van der Waals surface area contributed by atoms with Gasteiger partial charge in [0, 0.05) is 12.8 Å². The van der Waals surface area contributed by atoms with Crippen molar-refractivity contribution in [3.05, 3.63) is 36.5 Å². The molecule has 0 amide bonds. The van der Waals surface area contributed by atoms with Gasteiger partial charge in [0.2, 0.25) is 0 Å². The van der Waals surface area contributed by atoms with E-state index in [9.17, 15) is 14.7 Å². The lowest BCUT2D eigenvalue weighted by atomic mass is 10.0. The molecule has 0 aromatic rings. The molecule has 0 aromatic heterocycles. The molecular weight excluding hydrogens is 624 g/mol. The summed E-state index contributed by atoms with van der Waals surface area (Å²) in [6.45, 7) is 4.06. The highest BCUT2D eigenvalue weighted by Crippen LogP contribution is 2.29. The van der Waals surface area contributed by atoms with Crippen LogP contribution in [0.4, 0.5) is 0 Å². The zero-order valence-corrected chi connectivity index (χ0v) is 32.6. The predicted molar refractivity (Wildman–Crippen MR) is 209 cm³/mol. The van der Waals surface area contributed by atoms with Crippen LogP contribution in [-0.4, -0.2) is 48.6 Å². The Morgan fingerprint density at radius 3 is 1.56 bits per heavy atom. The van der Waals surface area contributed by atoms with Gasteiger partial charge in [0.1, 0.15) is 6.61 Å². The molecule has 0 aromatic carbocycles. The molecule has 0 bridgehead atoms. The summed E-state index contributed by atoms with van der Waals surface area (Å²) in [5.41, 5.74) is 0. The Morgan fingerprint density at radius 2 is 1.00 bits per heavy atom. The Labute approximate surface area is 308 Å². The van der Waals surface area contributed by atoms with Crippen molar-refractivity contribution in [1.29, 1.82) is 0 Å². The first kappa shape index (κ1) is 46.1. The molecule has 50 heavy (non-hydrogen) atoms. The minimum atomic E-state index is -0.796. The maximum absolute atomic E-state index is 12.2. The molecule has 1 fully saturated rings. The van der Waals surface area contributed by atoms with E-state index in [1.807, 2.05) is 0 Å². The number of allylic oxidation sites excluding steroid dienone is 4. The second kappa shape index (κ2) is 35.5. The summed E-state index contributed by atoms with van der Waals surface area (Å²) in [6.07, 6.45) is 46.7. The molecule has 290 valence electrons. The first-order chi connectivity index (χ1) is 24.6. The Kier molecular flexibility index (Phi) is 32.7. The van der Waals surface area contributed by atoms with Crippen LogP contribution in [0.15, 0.2) is 36.5 Å². The molecule has 1 rings (SSSR count). The third kappa shape index (κ3) is 30.9. The van der Waals surface area contributed by atoms with Crippen LogP contribution in [0, 0.1) is 0 Å². The Bertz CT molecular complexity index is 865. The van der Waals surface area contributed by atoms with Crippen LogP contribution in [0.5, 0.6) is 0 Å². The van der Waals surface area contributed by atoms with E-state index in [1.165, 1.54) is 122 Å². The number of hydrogen-bond acceptors (Lipinski definition) is 6. The number of esters is 2. The highest BCUT2D eigenvalue weighted by atomic mass is 16.6. The van der Waals surface area contributed by atoms with Crippen LogP contribution < -0.4 is 0 Å². The summed E-state index contributed by atoms with van der Waals surface area (Å²) >= 11 is 0. The lowest BCUT2D eigenvalue weighted by molar-refractivity contribution is -0.161. The van der Waals surface area contributed by atoms with E-state index < -0.39 is 6.10 Å². The van der Waals surface area contributed by atoms with Gasteiger partial charge in [0.25, 0.3) is 0 Å². The molecule has 1 heterocycles. The fraction of sp³-hybridized carbons (Fsp3) is 0.818. The van der Waals surface area contributed by atoms with Crippen LogP contribution in [0.1, 0.15) is 200 Å². The second-order valence-electron chi connectivity index (χ2n) is 14.5. The van der Waals surface area contributed by atoms with E-state index in [-0.39, 0.29) is 25.2 Å². The number of epoxide rings is 1. The summed E-state index contributed by atoms with van der Waals surface area (Å²) in [5.74, 6) is -0.658. The van der Waals surface area contributed by atoms with E-state index in [0.29, 0.717) is 31.5 Å². The molecule has 6 heteroatoms. The van der Waals surface area contributed by atoms with Crippen molar-refractivity contribution in [3.8, 4) is 0 Å². The lowest BCUT2D eigenvalue weighted by Gasteiger charge is -2.15. The van der Waals surface area contributed by atoms with Crippen molar-refractivity contribution >= 4 is 11.9 Å². The molecule has 1 aliphatic heterocycles. The first-order valence-corrected chi connectivity index (χ1v) is 21.2. The molecule has 0 spiro atoms. The standard InChI is InChI=1S/C44H78O6/c1-3-5-7-9-11-13-14-15-16-17-18-19-20-21-23-25-27-33-37-44(47)49-40(38-45)39-48-43(46)36-32-29-28-31-35-42-41(50-42)34-30-26-24-22-12-10-8-6-4-2/h12,22,26,28,30-31,40-42,45H,3-11,13-21,23-25,27,29,32-39H2,1-2H3/b22-12-,30-26-,31-28-/t40-,41?,42?/m0/s1. The van der Waals surface area contributed by atoms with Gasteiger partial charge in [-0.2, -0.15) is 0 Å². The van der Waals surface area contributed by atoms with Gasteiger partial charge in [-0.15, -0.1) is 0 Å². The molecule has 0 radical (unpaired) electrons. The maximum Gasteiger partial charge on any atom is 0.306 e. The zero-order valence-electron chi connectivity index (χ0n) is 32.6. The van der Waals surface area contributed by atoms with Crippen molar-refractivity contribution in [1.82, 2.24) is 0 Å². The van der Waals surface area contributed by atoms with Crippen LogP contribution in [0.25, 0.3) is 0 Å². The molecular formula is C44H78O6. The van der Waals surface area contributed by atoms with Gasteiger partial charge in [0.05, 0.1) is 18.8 Å². The fourth-order valence-electron chi connectivity index (χ4n) is 6.24. The van der Waals surface area contributed by atoms with Gasteiger partial charge in [0.15, 0.2) is 6.10 Å². The monoisotopic (exact) mass is 703 g/mol. The molecule has 1 aliphatic rings. The van der Waals surface area contributed by atoms with Crippen molar-refractivity contribution in [2.75, 3.05) is 13.2 Å². The van der Waals surface area contributed by atoms with E-state index in [2.05, 4.69) is 50.3 Å². The van der Waals surface area contributed by atoms with Crippen LogP contribution >= 0.6 is 0 Å². The summed E-state index contributed by atoms with van der Waals surface area (Å²) in [6, 6.07) is 0. The Morgan fingerprint density at radius 1 is 0.560 bits per heavy atom. The summed E-state index contributed by atoms with van der Waals surface area (Å²) in [7, 11) is 0. The van der Waals surface area contributed by atoms with Crippen molar-refractivity contribution in [3.63, 3.8) is 0 Å². The number of ether oxygens (including phenoxy) is 3. The molecule has 2 unspecified atom stereocenters. The van der Waals surface area contributed by atoms with E-state index >= 15 is 0 Å². The fourth-order valence-corrected chi connectivity index (χ4v) is 6.24. The molecule has 3 atom stereocenters. The lowest BCUT2D eigenvalue weighted by Crippen LogP contribution is -2.28.